The van der Waals surface area contributed by atoms with Crippen molar-refractivity contribution in [3.8, 4) is 0 Å². The van der Waals surface area contributed by atoms with Crippen molar-refractivity contribution in [2.75, 3.05) is 10.6 Å². The minimum Gasteiger partial charge on any atom is -0.320 e. The first-order chi connectivity index (χ1) is 14.1. The third kappa shape index (κ3) is 4.92. The molecule has 0 fully saturated rings. The van der Waals surface area contributed by atoms with E-state index in [-0.39, 0.29) is 17.2 Å². The van der Waals surface area contributed by atoms with Crippen LogP contribution >= 0.6 is 0 Å². The van der Waals surface area contributed by atoms with Gasteiger partial charge in [-0.3, -0.25) is 14.6 Å². The molecule has 30 heavy (non-hydrogen) atoms. The molecule has 0 saturated carbocycles. The smallest absolute Gasteiger partial charge is 0.257 e. The van der Waals surface area contributed by atoms with Gasteiger partial charge in [-0.2, -0.15) is 0 Å². The summed E-state index contributed by atoms with van der Waals surface area (Å²) in [6.45, 7) is 10.1. The third-order valence-electron chi connectivity index (χ3n) is 4.91. The Morgan fingerprint density at radius 3 is 1.87 bits per heavy atom. The van der Waals surface area contributed by atoms with Crippen LogP contribution < -0.4 is 10.6 Å². The predicted octanol–water partition coefficient (Wildman–Crippen LogP) is 5.50. The Morgan fingerprint density at radius 2 is 1.33 bits per heavy atom. The maximum absolute atomic E-state index is 12.7. The molecule has 0 atom stereocenters. The van der Waals surface area contributed by atoms with Gasteiger partial charge < -0.3 is 10.6 Å². The molecular formula is C25H27N3O2. The summed E-state index contributed by atoms with van der Waals surface area (Å²) in [5, 5.41) is 5.78. The number of anilines is 2. The summed E-state index contributed by atoms with van der Waals surface area (Å²) in [4.78, 5) is 29.8. The van der Waals surface area contributed by atoms with Gasteiger partial charge in [-0.1, -0.05) is 45.0 Å². The lowest BCUT2D eigenvalue weighted by atomic mass is 9.87. The fourth-order valence-corrected chi connectivity index (χ4v) is 3.13. The van der Waals surface area contributed by atoms with E-state index in [4.69, 9.17) is 0 Å². The highest BCUT2D eigenvalue weighted by molar-refractivity contribution is 6.10. The number of aromatic nitrogens is 1. The molecule has 0 spiro atoms. The molecule has 0 aliphatic rings. The number of carbonyl (C=O) groups excluding carboxylic acids is 2. The van der Waals surface area contributed by atoms with E-state index in [1.165, 1.54) is 0 Å². The number of nitrogens with one attached hydrogen (secondary N) is 2. The molecule has 5 heteroatoms. The van der Waals surface area contributed by atoms with Crippen molar-refractivity contribution in [1.82, 2.24) is 4.98 Å². The Kier molecular flexibility index (Phi) is 6.01. The average Bonchev–Trinajstić information content (AvgIpc) is 2.68. The van der Waals surface area contributed by atoms with Crippen LogP contribution in [0.5, 0.6) is 0 Å². The molecule has 0 aliphatic carbocycles. The summed E-state index contributed by atoms with van der Waals surface area (Å²) >= 11 is 0. The SMILES string of the molecule is Cc1ccc(C(=O)Nc2ccccc2NC(=O)c2ccc(C(C)(C)C)cc2)c(C)n1. The molecule has 0 aliphatic heterocycles. The minimum absolute atomic E-state index is 0.0227. The number of hydrogen-bond donors (Lipinski definition) is 2. The van der Waals surface area contributed by atoms with E-state index in [0.717, 1.165) is 11.3 Å². The van der Waals surface area contributed by atoms with Crippen LogP contribution in [0.3, 0.4) is 0 Å². The van der Waals surface area contributed by atoms with Gasteiger partial charge in [0.15, 0.2) is 0 Å². The Bertz CT molecular complexity index is 1080. The first-order valence-corrected chi connectivity index (χ1v) is 9.91. The molecule has 3 rings (SSSR count). The molecule has 1 aromatic heterocycles. The molecular weight excluding hydrogens is 374 g/mol. The van der Waals surface area contributed by atoms with Gasteiger partial charge in [0, 0.05) is 11.3 Å². The summed E-state index contributed by atoms with van der Waals surface area (Å²) in [5.41, 5.74) is 4.82. The Morgan fingerprint density at radius 1 is 0.767 bits per heavy atom. The van der Waals surface area contributed by atoms with E-state index in [2.05, 4.69) is 36.4 Å². The summed E-state index contributed by atoms with van der Waals surface area (Å²) in [6.07, 6.45) is 0. The third-order valence-corrected chi connectivity index (χ3v) is 4.91. The van der Waals surface area contributed by atoms with Gasteiger partial charge >= 0.3 is 0 Å². The number of carbonyl (C=O) groups is 2. The second kappa shape index (κ2) is 8.49. The lowest BCUT2D eigenvalue weighted by Gasteiger charge is -2.19. The monoisotopic (exact) mass is 401 g/mol. The first-order valence-electron chi connectivity index (χ1n) is 9.91. The van der Waals surface area contributed by atoms with Gasteiger partial charge in [0.05, 0.1) is 22.6 Å². The van der Waals surface area contributed by atoms with Gasteiger partial charge in [0.2, 0.25) is 0 Å². The van der Waals surface area contributed by atoms with Gasteiger partial charge in [-0.05, 0) is 61.2 Å². The number of aryl methyl sites for hydroxylation is 2. The van der Waals surface area contributed by atoms with E-state index < -0.39 is 0 Å². The van der Waals surface area contributed by atoms with Crippen LogP contribution in [0, 0.1) is 13.8 Å². The number of para-hydroxylation sites is 2. The van der Waals surface area contributed by atoms with Crippen LogP contribution in [-0.2, 0) is 5.41 Å². The summed E-state index contributed by atoms with van der Waals surface area (Å²) in [7, 11) is 0. The highest BCUT2D eigenvalue weighted by Crippen LogP contribution is 2.25. The zero-order chi connectivity index (χ0) is 21.9. The summed E-state index contributed by atoms with van der Waals surface area (Å²) in [6, 6.07) is 18.3. The molecule has 3 aromatic rings. The minimum atomic E-state index is -0.267. The van der Waals surface area contributed by atoms with E-state index in [1.54, 1.807) is 31.2 Å². The van der Waals surface area contributed by atoms with Crippen molar-refractivity contribution in [2.45, 2.75) is 40.0 Å². The van der Waals surface area contributed by atoms with Crippen molar-refractivity contribution in [3.05, 3.63) is 88.7 Å². The normalized spacial score (nSPS) is 11.1. The largest absolute Gasteiger partial charge is 0.320 e. The summed E-state index contributed by atoms with van der Waals surface area (Å²) < 4.78 is 0. The lowest BCUT2D eigenvalue weighted by Crippen LogP contribution is -2.18. The second-order valence-corrected chi connectivity index (χ2v) is 8.37. The number of pyridine rings is 1. The maximum atomic E-state index is 12.7. The standard InChI is InChI=1S/C25H27N3O2/c1-16-10-15-20(17(2)26-16)24(30)28-22-9-7-6-8-21(22)27-23(29)18-11-13-19(14-12-18)25(3,4)5/h6-15H,1-5H3,(H,27,29)(H,28,30). The predicted molar refractivity (Wildman–Crippen MR) is 121 cm³/mol. The fourth-order valence-electron chi connectivity index (χ4n) is 3.13. The van der Waals surface area contributed by atoms with Crippen molar-refractivity contribution in [1.29, 1.82) is 0 Å². The number of rotatable bonds is 4. The Labute approximate surface area is 177 Å². The molecule has 0 saturated heterocycles. The highest BCUT2D eigenvalue weighted by Gasteiger charge is 2.16. The van der Waals surface area contributed by atoms with Crippen LogP contribution in [-0.4, -0.2) is 16.8 Å². The van der Waals surface area contributed by atoms with Gasteiger partial charge in [0.25, 0.3) is 11.8 Å². The van der Waals surface area contributed by atoms with E-state index >= 15 is 0 Å². The van der Waals surface area contributed by atoms with Crippen molar-refractivity contribution >= 4 is 23.2 Å². The first kappa shape index (κ1) is 21.2. The van der Waals surface area contributed by atoms with Gasteiger partial charge in [-0.15, -0.1) is 0 Å². The molecule has 1 heterocycles. The number of benzene rings is 2. The van der Waals surface area contributed by atoms with Crippen molar-refractivity contribution in [2.24, 2.45) is 0 Å². The number of hydrogen-bond acceptors (Lipinski definition) is 3. The zero-order valence-electron chi connectivity index (χ0n) is 18.0. The number of amides is 2. The molecule has 2 amide bonds. The lowest BCUT2D eigenvalue weighted by molar-refractivity contribution is 0.101. The van der Waals surface area contributed by atoms with Gasteiger partial charge in [-0.25, -0.2) is 0 Å². The average molecular weight is 402 g/mol. The molecule has 0 unspecified atom stereocenters. The maximum Gasteiger partial charge on any atom is 0.257 e. The Balaban J connectivity index is 1.78. The zero-order valence-corrected chi connectivity index (χ0v) is 18.0. The van der Waals surface area contributed by atoms with Crippen molar-refractivity contribution < 1.29 is 9.59 Å². The molecule has 154 valence electrons. The summed E-state index contributed by atoms with van der Waals surface area (Å²) in [5.74, 6) is -0.499. The van der Waals surface area contributed by atoms with Gasteiger partial charge in [0.1, 0.15) is 0 Å². The van der Waals surface area contributed by atoms with E-state index in [9.17, 15) is 9.59 Å². The van der Waals surface area contributed by atoms with Crippen LogP contribution in [0.4, 0.5) is 11.4 Å². The van der Waals surface area contributed by atoms with E-state index in [1.807, 2.05) is 43.3 Å². The van der Waals surface area contributed by atoms with E-state index in [0.29, 0.717) is 28.2 Å². The van der Waals surface area contributed by atoms with Crippen molar-refractivity contribution in [3.63, 3.8) is 0 Å². The molecule has 2 N–H and O–H groups in total. The quantitative estimate of drug-likeness (QED) is 0.606. The molecule has 0 radical (unpaired) electrons. The molecule has 0 bridgehead atoms. The topological polar surface area (TPSA) is 71.1 Å². The highest BCUT2D eigenvalue weighted by atomic mass is 16.2. The second-order valence-electron chi connectivity index (χ2n) is 8.37. The molecule has 5 nitrogen and oxygen atoms in total. The molecule has 2 aromatic carbocycles. The van der Waals surface area contributed by atoms with Crippen LogP contribution in [0.25, 0.3) is 0 Å². The Hall–Kier alpha value is -3.47. The van der Waals surface area contributed by atoms with Crippen LogP contribution in [0.2, 0.25) is 0 Å². The van der Waals surface area contributed by atoms with Crippen LogP contribution in [0.1, 0.15) is 58.4 Å². The van der Waals surface area contributed by atoms with Crippen LogP contribution in [0.15, 0.2) is 60.7 Å². The number of nitrogens with zero attached hydrogens (tertiary/aromatic N) is 1. The fraction of sp³-hybridized carbons (Fsp3) is 0.240.